The van der Waals surface area contributed by atoms with Crippen molar-refractivity contribution in [3.05, 3.63) is 17.6 Å². The average molecular weight is 163 g/mol. The predicted octanol–water partition coefficient (Wildman–Crippen LogP) is 0.647. The van der Waals surface area contributed by atoms with Crippen LogP contribution in [0.25, 0.3) is 0 Å². The van der Waals surface area contributed by atoms with Crippen LogP contribution in [0.5, 0.6) is 0 Å². The number of nitrogens with one attached hydrogen (secondary N) is 1. The van der Waals surface area contributed by atoms with Crippen molar-refractivity contribution in [3.63, 3.8) is 0 Å². The minimum Gasteiger partial charge on any atom is -0.369 e. The van der Waals surface area contributed by atoms with Crippen molar-refractivity contribution in [2.75, 3.05) is 11.9 Å². The molecule has 0 aromatic carbocycles. The topological polar surface area (TPSA) is 54.9 Å². The van der Waals surface area contributed by atoms with Gasteiger partial charge in [0.2, 0.25) is 0 Å². The van der Waals surface area contributed by atoms with Gasteiger partial charge in [0.15, 0.2) is 11.6 Å². The van der Waals surface area contributed by atoms with E-state index in [-0.39, 0.29) is 5.78 Å². The van der Waals surface area contributed by atoms with E-state index in [0.717, 1.165) is 24.3 Å². The molecule has 0 aliphatic carbocycles. The van der Waals surface area contributed by atoms with Crippen LogP contribution in [-0.2, 0) is 6.42 Å². The number of aromatic nitrogens is 2. The summed E-state index contributed by atoms with van der Waals surface area (Å²) < 4.78 is 0. The Hall–Kier alpha value is -1.45. The van der Waals surface area contributed by atoms with E-state index in [0.29, 0.717) is 5.82 Å². The van der Waals surface area contributed by atoms with Gasteiger partial charge in [-0.25, -0.2) is 9.97 Å². The fourth-order valence-electron chi connectivity index (χ4n) is 1.23. The summed E-state index contributed by atoms with van der Waals surface area (Å²) >= 11 is 0. The van der Waals surface area contributed by atoms with Gasteiger partial charge < -0.3 is 5.32 Å². The summed E-state index contributed by atoms with van der Waals surface area (Å²) in [7, 11) is 0. The molecule has 1 N–H and O–H groups in total. The molecule has 62 valence electrons. The van der Waals surface area contributed by atoms with Crippen LogP contribution in [0, 0.1) is 0 Å². The number of carbonyl (C=O) groups excluding carboxylic acids is 1. The standard InChI is InChI=1S/C8H9N3O/c1-5(12)7-10-4-6-2-3-9-8(6)11-7/h4H,2-3H2,1H3,(H,9,10,11). The molecular formula is C8H9N3O. The van der Waals surface area contributed by atoms with E-state index in [2.05, 4.69) is 15.3 Å². The first-order chi connectivity index (χ1) is 5.77. The van der Waals surface area contributed by atoms with Crippen molar-refractivity contribution in [3.8, 4) is 0 Å². The number of carbonyl (C=O) groups is 1. The van der Waals surface area contributed by atoms with Crippen LogP contribution >= 0.6 is 0 Å². The minimum atomic E-state index is -0.0912. The maximum atomic E-state index is 10.9. The normalized spacial score (nSPS) is 13.8. The Morgan fingerprint density at radius 3 is 3.25 bits per heavy atom. The molecule has 0 atom stereocenters. The van der Waals surface area contributed by atoms with Gasteiger partial charge in [-0.2, -0.15) is 0 Å². The third kappa shape index (κ3) is 1.05. The highest BCUT2D eigenvalue weighted by molar-refractivity contribution is 5.90. The van der Waals surface area contributed by atoms with E-state index in [1.807, 2.05) is 0 Å². The monoisotopic (exact) mass is 163 g/mol. The molecule has 4 heteroatoms. The molecule has 2 heterocycles. The minimum absolute atomic E-state index is 0.0912. The molecule has 4 nitrogen and oxygen atoms in total. The quantitative estimate of drug-likeness (QED) is 0.617. The Kier molecular flexibility index (Phi) is 1.53. The van der Waals surface area contributed by atoms with Gasteiger partial charge in [-0.3, -0.25) is 4.79 Å². The molecule has 0 bridgehead atoms. The molecule has 0 spiro atoms. The maximum absolute atomic E-state index is 10.9. The second-order valence-corrected chi connectivity index (χ2v) is 2.80. The van der Waals surface area contributed by atoms with Crippen LogP contribution in [0.1, 0.15) is 23.1 Å². The molecule has 1 aromatic heterocycles. The first-order valence-electron chi connectivity index (χ1n) is 3.88. The Labute approximate surface area is 70.0 Å². The molecule has 12 heavy (non-hydrogen) atoms. The number of Topliss-reactive ketones (excluding diaryl/α,β-unsaturated/α-hetero) is 1. The zero-order valence-electron chi connectivity index (χ0n) is 6.79. The summed E-state index contributed by atoms with van der Waals surface area (Å²) in [5, 5.41) is 3.09. The molecule has 0 saturated heterocycles. The highest BCUT2D eigenvalue weighted by atomic mass is 16.1. The number of fused-ring (bicyclic) bond motifs is 1. The lowest BCUT2D eigenvalue weighted by atomic mass is 10.3. The van der Waals surface area contributed by atoms with Crippen molar-refractivity contribution in [1.29, 1.82) is 0 Å². The second kappa shape index (κ2) is 2.55. The van der Waals surface area contributed by atoms with Gasteiger partial charge in [-0.1, -0.05) is 0 Å². The van der Waals surface area contributed by atoms with Crippen LogP contribution in [0.15, 0.2) is 6.20 Å². The second-order valence-electron chi connectivity index (χ2n) is 2.80. The predicted molar refractivity (Wildman–Crippen MR) is 44.2 cm³/mol. The molecule has 1 aromatic rings. The van der Waals surface area contributed by atoms with Gasteiger partial charge in [0, 0.05) is 25.2 Å². The molecule has 0 amide bonds. The SMILES string of the molecule is CC(=O)c1ncc2c(n1)NCC2. The fraction of sp³-hybridized carbons (Fsp3) is 0.375. The van der Waals surface area contributed by atoms with E-state index < -0.39 is 0 Å². The van der Waals surface area contributed by atoms with Crippen molar-refractivity contribution in [2.45, 2.75) is 13.3 Å². The number of hydrogen-bond donors (Lipinski definition) is 1. The Balaban J connectivity index is 2.45. The number of nitrogens with zero attached hydrogens (tertiary/aromatic N) is 2. The lowest BCUT2D eigenvalue weighted by Crippen LogP contribution is -2.03. The Morgan fingerprint density at radius 1 is 1.67 bits per heavy atom. The van der Waals surface area contributed by atoms with Crippen LogP contribution in [0.3, 0.4) is 0 Å². The average Bonchev–Trinajstić information content (AvgIpc) is 2.49. The molecule has 1 aliphatic rings. The Morgan fingerprint density at radius 2 is 2.50 bits per heavy atom. The number of ketones is 1. The maximum Gasteiger partial charge on any atom is 0.197 e. The zero-order valence-corrected chi connectivity index (χ0v) is 6.79. The fourth-order valence-corrected chi connectivity index (χ4v) is 1.23. The van der Waals surface area contributed by atoms with Crippen molar-refractivity contribution >= 4 is 11.6 Å². The van der Waals surface area contributed by atoms with Crippen LogP contribution in [0.4, 0.5) is 5.82 Å². The van der Waals surface area contributed by atoms with Crippen LogP contribution < -0.4 is 5.32 Å². The molecule has 1 aliphatic heterocycles. The molecular weight excluding hydrogens is 154 g/mol. The molecule has 0 unspecified atom stereocenters. The number of anilines is 1. The van der Waals surface area contributed by atoms with E-state index in [1.165, 1.54) is 6.92 Å². The number of hydrogen-bond acceptors (Lipinski definition) is 4. The first-order valence-corrected chi connectivity index (χ1v) is 3.88. The summed E-state index contributed by atoms with van der Waals surface area (Å²) in [5.41, 5.74) is 1.10. The van der Waals surface area contributed by atoms with Gasteiger partial charge in [-0.15, -0.1) is 0 Å². The van der Waals surface area contributed by atoms with Gasteiger partial charge in [0.25, 0.3) is 0 Å². The summed E-state index contributed by atoms with van der Waals surface area (Å²) in [4.78, 5) is 18.9. The van der Waals surface area contributed by atoms with Crippen LogP contribution in [0.2, 0.25) is 0 Å². The largest absolute Gasteiger partial charge is 0.369 e. The van der Waals surface area contributed by atoms with Gasteiger partial charge in [0.05, 0.1) is 0 Å². The number of rotatable bonds is 1. The summed E-state index contributed by atoms with van der Waals surface area (Å²) in [6.45, 7) is 2.36. The third-order valence-electron chi connectivity index (χ3n) is 1.87. The summed E-state index contributed by atoms with van der Waals surface area (Å²) in [6.07, 6.45) is 2.67. The Bertz CT molecular complexity index is 335. The lowest BCUT2D eigenvalue weighted by molar-refractivity contribution is 0.100. The van der Waals surface area contributed by atoms with E-state index >= 15 is 0 Å². The van der Waals surface area contributed by atoms with Gasteiger partial charge in [0.1, 0.15) is 5.82 Å². The van der Waals surface area contributed by atoms with Gasteiger partial charge >= 0.3 is 0 Å². The first kappa shape index (κ1) is 7.21. The van der Waals surface area contributed by atoms with Crippen LogP contribution in [-0.4, -0.2) is 22.3 Å². The van der Waals surface area contributed by atoms with Gasteiger partial charge in [-0.05, 0) is 6.42 Å². The third-order valence-corrected chi connectivity index (χ3v) is 1.87. The van der Waals surface area contributed by atoms with E-state index in [4.69, 9.17) is 0 Å². The van der Waals surface area contributed by atoms with E-state index in [9.17, 15) is 4.79 Å². The van der Waals surface area contributed by atoms with Crippen molar-refractivity contribution in [1.82, 2.24) is 9.97 Å². The molecule has 2 rings (SSSR count). The summed E-state index contributed by atoms with van der Waals surface area (Å²) in [6, 6.07) is 0. The molecule has 0 saturated carbocycles. The van der Waals surface area contributed by atoms with Crippen molar-refractivity contribution in [2.24, 2.45) is 0 Å². The highest BCUT2D eigenvalue weighted by Gasteiger charge is 2.13. The lowest BCUT2D eigenvalue weighted by Gasteiger charge is -1.98. The summed E-state index contributed by atoms with van der Waals surface area (Å²) in [5.74, 6) is 1.02. The smallest absolute Gasteiger partial charge is 0.197 e. The molecule has 0 radical (unpaired) electrons. The zero-order chi connectivity index (χ0) is 8.55. The van der Waals surface area contributed by atoms with E-state index in [1.54, 1.807) is 6.20 Å². The molecule has 0 fully saturated rings. The van der Waals surface area contributed by atoms with Crippen molar-refractivity contribution < 1.29 is 4.79 Å². The highest BCUT2D eigenvalue weighted by Crippen LogP contribution is 2.17.